The molecule has 106 valence electrons. The minimum atomic E-state index is -0.174. The molecule has 0 bridgehead atoms. The third kappa shape index (κ3) is 3.07. The van der Waals surface area contributed by atoms with Crippen molar-refractivity contribution in [3.8, 4) is 0 Å². The quantitative estimate of drug-likeness (QED) is 0.870. The first-order valence-electron chi connectivity index (χ1n) is 6.95. The Morgan fingerprint density at radius 2 is 1.55 bits per heavy atom. The van der Waals surface area contributed by atoms with Gasteiger partial charge in [-0.3, -0.25) is 0 Å². The van der Waals surface area contributed by atoms with Crippen LogP contribution in [0.15, 0.2) is 48.5 Å². The molecule has 1 nitrogen and oxygen atoms in total. The molecule has 2 heteroatoms. The lowest BCUT2D eigenvalue weighted by molar-refractivity contribution is 0.573. The van der Waals surface area contributed by atoms with Crippen LogP contribution in [0.1, 0.15) is 43.5 Å². The van der Waals surface area contributed by atoms with E-state index in [0.717, 1.165) is 5.56 Å². The van der Waals surface area contributed by atoms with Crippen LogP contribution in [-0.2, 0) is 5.41 Å². The van der Waals surface area contributed by atoms with Gasteiger partial charge in [-0.15, -0.1) is 0 Å². The first-order chi connectivity index (χ1) is 9.43. The van der Waals surface area contributed by atoms with Crippen LogP contribution in [0.25, 0.3) is 0 Å². The number of nitrogens with one attached hydrogen (secondary N) is 1. The Labute approximate surface area is 120 Å². The zero-order chi connectivity index (χ0) is 14.8. The fourth-order valence-corrected chi connectivity index (χ4v) is 2.39. The Bertz CT molecular complexity index is 567. The number of hydrogen-bond acceptors (Lipinski definition) is 1. The van der Waals surface area contributed by atoms with Crippen LogP contribution in [0, 0.1) is 5.82 Å². The van der Waals surface area contributed by atoms with Crippen molar-refractivity contribution in [2.45, 2.75) is 32.2 Å². The van der Waals surface area contributed by atoms with Gasteiger partial charge in [0.1, 0.15) is 5.82 Å². The Balaban J connectivity index is 2.36. The molecule has 0 saturated heterocycles. The summed E-state index contributed by atoms with van der Waals surface area (Å²) in [6.45, 7) is 6.57. The average molecular weight is 271 g/mol. The molecular formula is C18H22FN. The van der Waals surface area contributed by atoms with Gasteiger partial charge in [0.2, 0.25) is 0 Å². The van der Waals surface area contributed by atoms with E-state index in [1.54, 1.807) is 6.07 Å². The van der Waals surface area contributed by atoms with Crippen molar-refractivity contribution < 1.29 is 4.39 Å². The molecule has 1 unspecified atom stereocenters. The number of benzene rings is 2. The van der Waals surface area contributed by atoms with Gasteiger partial charge < -0.3 is 5.32 Å². The summed E-state index contributed by atoms with van der Waals surface area (Å²) in [5, 5.41) is 3.19. The fraction of sp³-hybridized carbons (Fsp3) is 0.333. The lowest BCUT2D eigenvalue weighted by Crippen LogP contribution is -2.19. The molecule has 0 spiro atoms. The van der Waals surface area contributed by atoms with Gasteiger partial charge in [0.15, 0.2) is 0 Å². The number of rotatable bonds is 3. The second kappa shape index (κ2) is 5.76. The van der Waals surface area contributed by atoms with Gasteiger partial charge in [-0.1, -0.05) is 63.2 Å². The van der Waals surface area contributed by atoms with E-state index >= 15 is 0 Å². The molecule has 0 aromatic heterocycles. The summed E-state index contributed by atoms with van der Waals surface area (Å²) < 4.78 is 13.9. The maximum absolute atomic E-state index is 13.9. The normalized spacial score (nSPS) is 13.2. The van der Waals surface area contributed by atoms with Crippen molar-refractivity contribution in [3.63, 3.8) is 0 Å². The molecule has 0 heterocycles. The minimum absolute atomic E-state index is 0.120. The number of halogens is 1. The summed E-state index contributed by atoms with van der Waals surface area (Å²) in [6.07, 6.45) is 0. The van der Waals surface area contributed by atoms with Crippen molar-refractivity contribution in [1.29, 1.82) is 0 Å². The highest BCUT2D eigenvalue weighted by molar-refractivity contribution is 5.35. The highest BCUT2D eigenvalue weighted by atomic mass is 19.1. The van der Waals surface area contributed by atoms with E-state index in [4.69, 9.17) is 0 Å². The van der Waals surface area contributed by atoms with Crippen LogP contribution in [-0.4, -0.2) is 7.05 Å². The zero-order valence-electron chi connectivity index (χ0n) is 12.6. The molecular weight excluding hydrogens is 249 g/mol. The van der Waals surface area contributed by atoms with Crippen molar-refractivity contribution >= 4 is 0 Å². The topological polar surface area (TPSA) is 12.0 Å². The predicted molar refractivity (Wildman–Crippen MR) is 82.4 cm³/mol. The van der Waals surface area contributed by atoms with E-state index in [1.165, 1.54) is 11.6 Å². The average Bonchev–Trinajstić information content (AvgIpc) is 2.41. The van der Waals surface area contributed by atoms with Crippen LogP contribution in [0.3, 0.4) is 0 Å². The van der Waals surface area contributed by atoms with E-state index in [2.05, 4.69) is 50.4 Å². The van der Waals surface area contributed by atoms with Crippen LogP contribution < -0.4 is 5.32 Å². The minimum Gasteiger partial charge on any atom is -0.309 e. The monoisotopic (exact) mass is 271 g/mol. The first kappa shape index (κ1) is 14.7. The van der Waals surface area contributed by atoms with Gasteiger partial charge in [-0.25, -0.2) is 4.39 Å². The standard InChI is InChI=1S/C18H22FN/c1-18(2,3)14-11-9-13(10-12-14)17(20-4)15-7-5-6-8-16(15)19/h5-12,17,20H,1-4H3. The van der Waals surface area contributed by atoms with Gasteiger partial charge in [0.25, 0.3) is 0 Å². The summed E-state index contributed by atoms with van der Waals surface area (Å²) in [5.41, 5.74) is 3.17. The highest BCUT2D eigenvalue weighted by Crippen LogP contribution is 2.27. The van der Waals surface area contributed by atoms with Crippen LogP contribution >= 0.6 is 0 Å². The molecule has 0 radical (unpaired) electrons. The van der Waals surface area contributed by atoms with Crippen molar-refractivity contribution in [1.82, 2.24) is 5.32 Å². The SMILES string of the molecule is CNC(c1ccc(C(C)(C)C)cc1)c1ccccc1F. The second-order valence-corrected chi connectivity index (χ2v) is 6.12. The van der Waals surface area contributed by atoms with Crippen molar-refractivity contribution in [2.24, 2.45) is 0 Å². The van der Waals surface area contributed by atoms with Gasteiger partial charge in [-0.05, 0) is 29.7 Å². The molecule has 20 heavy (non-hydrogen) atoms. The summed E-state index contributed by atoms with van der Waals surface area (Å²) >= 11 is 0. The van der Waals surface area contributed by atoms with E-state index in [0.29, 0.717) is 5.56 Å². The molecule has 0 fully saturated rings. The molecule has 0 aliphatic carbocycles. The zero-order valence-corrected chi connectivity index (χ0v) is 12.6. The van der Waals surface area contributed by atoms with E-state index in [9.17, 15) is 4.39 Å². The van der Waals surface area contributed by atoms with Gasteiger partial charge in [-0.2, -0.15) is 0 Å². The molecule has 2 aromatic rings. The summed E-state index contributed by atoms with van der Waals surface area (Å²) in [6, 6.07) is 15.2. The van der Waals surface area contributed by atoms with E-state index in [-0.39, 0.29) is 17.3 Å². The van der Waals surface area contributed by atoms with E-state index < -0.39 is 0 Å². The Morgan fingerprint density at radius 3 is 2.05 bits per heavy atom. The van der Waals surface area contributed by atoms with Gasteiger partial charge in [0.05, 0.1) is 6.04 Å². The second-order valence-electron chi connectivity index (χ2n) is 6.12. The van der Waals surface area contributed by atoms with Gasteiger partial charge >= 0.3 is 0 Å². The molecule has 2 aromatic carbocycles. The lowest BCUT2D eigenvalue weighted by Gasteiger charge is -2.22. The molecule has 0 saturated carbocycles. The Morgan fingerprint density at radius 1 is 0.950 bits per heavy atom. The molecule has 0 aliphatic rings. The highest BCUT2D eigenvalue weighted by Gasteiger charge is 2.17. The van der Waals surface area contributed by atoms with Gasteiger partial charge in [0, 0.05) is 5.56 Å². The third-order valence-corrected chi connectivity index (χ3v) is 3.61. The van der Waals surface area contributed by atoms with Crippen LogP contribution in [0.2, 0.25) is 0 Å². The third-order valence-electron chi connectivity index (χ3n) is 3.61. The fourth-order valence-electron chi connectivity index (χ4n) is 2.39. The summed E-state index contributed by atoms with van der Waals surface area (Å²) in [7, 11) is 1.86. The summed E-state index contributed by atoms with van der Waals surface area (Å²) in [4.78, 5) is 0. The smallest absolute Gasteiger partial charge is 0.128 e. The first-order valence-corrected chi connectivity index (χ1v) is 6.95. The Kier molecular flexibility index (Phi) is 4.24. The molecule has 1 atom stereocenters. The maximum atomic E-state index is 13.9. The molecule has 0 amide bonds. The molecule has 0 aliphatic heterocycles. The largest absolute Gasteiger partial charge is 0.309 e. The molecule has 1 N–H and O–H groups in total. The lowest BCUT2D eigenvalue weighted by atomic mass is 9.86. The van der Waals surface area contributed by atoms with E-state index in [1.807, 2.05) is 19.2 Å². The van der Waals surface area contributed by atoms with Crippen molar-refractivity contribution in [2.75, 3.05) is 7.05 Å². The van der Waals surface area contributed by atoms with Crippen LogP contribution in [0.5, 0.6) is 0 Å². The summed E-state index contributed by atoms with van der Waals surface area (Å²) in [5.74, 6) is -0.174. The maximum Gasteiger partial charge on any atom is 0.128 e. The van der Waals surface area contributed by atoms with Crippen molar-refractivity contribution in [3.05, 3.63) is 71.0 Å². The number of hydrogen-bond donors (Lipinski definition) is 1. The molecule has 2 rings (SSSR count). The Hall–Kier alpha value is -1.67. The predicted octanol–water partition coefficient (Wildman–Crippen LogP) is 4.43. The van der Waals surface area contributed by atoms with Crippen LogP contribution in [0.4, 0.5) is 4.39 Å².